The van der Waals surface area contributed by atoms with Crippen LogP contribution in [0.15, 0.2) is 23.1 Å². The molecule has 1 aromatic rings. The van der Waals surface area contributed by atoms with Crippen LogP contribution in [0.1, 0.15) is 51.7 Å². The molecule has 2 rings (SSSR count). The molecule has 1 nitrogen and oxygen atoms in total. The molecule has 18 heavy (non-hydrogen) atoms. The topological polar surface area (TPSA) is 12.0 Å². The zero-order valence-corrected chi connectivity index (χ0v) is 13.1. The van der Waals surface area contributed by atoms with E-state index in [1.165, 1.54) is 34.6 Å². The lowest BCUT2D eigenvalue weighted by Crippen LogP contribution is -2.37. The van der Waals surface area contributed by atoms with Crippen LogP contribution in [0.2, 0.25) is 0 Å². The molecule has 1 heterocycles. The first-order chi connectivity index (χ1) is 8.37. The maximum absolute atomic E-state index is 3.54. The van der Waals surface area contributed by atoms with Crippen molar-refractivity contribution in [3.05, 3.63) is 29.3 Å². The number of hydrogen-bond donors (Lipinski definition) is 1. The molecule has 1 atom stereocenters. The van der Waals surface area contributed by atoms with Crippen LogP contribution in [0.25, 0.3) is 0 Å². The van der Waals surface area contributed by atoms with E-state index in [9.17, 15) is 0 Å². The van der Waals surface area contributed by atoms with Crippen LogP contribution in [-0.4, -0.2) is 12.8 Å². The van der Waals surface area contributed by atoms with E-state index in [2.05, 4.69) is 58.3 Å². The van der Waals surface area contributed by atoms with Gasteiger partial charge in [0.05, 0.1) is 0 Å². The average Bonchev–Trinajstić information content (AvgIpc) is 2.48. The third-order valence-electron chi connectivity index (χ3n) is 4.07. The van der Waals surface area contributed by atoms with Crippen molar-refractivity contribution >= 4 is 11.8 Å². The summed E-state index contributed by atoms with van der Waals surface area (Å²) in [6.45, 7) is 9.20. The molecule has 0 fully saturated rings. The van der Waals surface area contributed by atoms with Crippen LogP contribution < -0.4 is 5.32 Å². The van der Waals surface area contributed by atoms with E-state index in [0.717, 1.165) is 0 Å². The van der Waals surface area contributed by atoms with Gasteiger partial charge in [-0.25, -0.2) is 0 Å². The van der Waals surface area contributed by atoms with Crippen molar-refractivity contribution in [2.24, 2.45) is 0 Å². The predicted octanol–water partition coefficient (Wildman–Crippen LogP) is 4.30. The van der Waals surface area contributed by atoms with Crippen molar-refractivity contribution < 1.29 is 0 Å². The van der Waals surface area contributed by atoms with Crippen LogP contribution in [0.3, 0.4) is 0 Å². The second-order valence-electron chi connectivity index (χ2n) is 6.50. The molecule has 0 amide bonds. The van der Waals surface area contributed by atoms with Gasteiger partial charge in [0.25, 0.3) is 0 Å². The van der Waals surface area contributed by atoms with Gasteiger partial charge < -0.3 is 5.32 Å². The molecule has 1 N–H and O–H groups in total. The Bertz CT molecular complexity index is 433. The number of rotatable bonds is 1. The molecule has 1 unspecified atom stereocenters. The van der Waals surface area contributed by atoms with Crippen LogP contribution in [-0.2, 0) is 11.0 Å². The second-order valence-corrected chi connectivity index (χ2v) is 7.63. The molecule has 1 aliphatic heterocycles. The molecule has 1 aromatic carbocycles. The fraction of sp³-hybridized carbons (Fsp3) is 0.625. The van der Waals surface area contributed by atoms with Gasteiger partial charge in [0.2, 0.25) is 0 Å². The van der Waals surface area contributed by atoms with Gasteiger partial charge in [-0.05, 0) is 55.2 Å². The van der Waals surface area contributed by atoms with Gasteiger partial charge in [-0.2, -0.15) is 0 Å². The fourth-order valence-electron chi connectivity index (χ4n) is 2.56. The molecule has 0 aromatic heterocycles. The standard InChI is InChI=1S/C16H25NS/c1-15(2,3)12-7-8-14-13(11-12)16(4,17-5)9-6-10-18-14/h7-8,11,17H,6,9-10H2,1-5H3. The van der Waals surface area contributed by atoms with E-state index >= 15 is 0 Å². The molecule has 0 saturated carbocycles. The number of thioether (sulfide) groups is 1. The first kappa shape index (κ1) is 14.0. The van der Waals surface area contributed by atoms with Gasteiger partial charge in [-0.3, -0.25) is 0 Å². The minimum absolute atomic E-state index is 0.125. The highest BCUT2D eigenvalue weighted by atomic mass is 32.2. The van der Waals surface area contributed by atoms with Crippen LogP contribution in [0.5, 0.6) is 0 Å². The summed E-state index contributed by atoms with van der Waals surface area (Å²) < 4.78 is 0. The second kappa shape index (κ2) is 4.90. The van der Waals surface area contributed by atoms with E-state index in [-0.39, 0.29) is 11.0 Å². The normalized spacial score (nSPS) is 24.5. The summed E-state index contributed by atoms with van der Waals surface area (Å²) in [6.07, 6.45) is 2.50. The zero-order chi connectivity index (χ0) is 13.4. The van der Waals surface area contributed by atoms with Crippen LogP contribution >= 0.6 is 11.8 Å². The maximum Gasteiger partial charge on any atom is 0.0415 e. The van der Waals surface area contributed by atoms with Crippen molar-refractivity contribution in [3.8, 4) is 0 Å². The summed E-state index contributed by atoms with van der Waals surface area (Å²) in [5, 5.41) is 3.54. The van der Waals surface area contributed by atoms with Gasteiger partial charge in [0.15, 0.2) is 0 Å². The van der Waals surface area contributed by atoms with Crippen LogP contribution in [0.4, 0.5) is 0 Å². The quantitative estimate of drug-likeness (QED) is 0.810. The van der Waals surface area contributed by atoms with Gasteiger partial charge in [0, 0.05) is 10.4 Å². The van der Waals surface area contributed by atoms with Crippen molar-refractivity contribution in [2.75, 3.05) is 12.8 Å². The fourth-order valence-corrected chi connectivity index (χ4v) is 3.67. The first-order valence-electron chi connectivity index (χ1n) is 6.83. The smallest absolute Gasteiger partial charge is 0.0415 e. The predicted molar refractivity (Wildman–Crippen MR) is 81.5 cm³/mol. The number of hydrogen-bond acceptors (Lipinski definition) is 2. The van der Waals surface area contributed by atoms with Crippen molar-refractivity contribution in [3.63, 3.8) is 0 Å². The van der Waals surface area contributed by atoms with Gasteiger partial charge >= 0.3 is 0 Å². The van der Waals surface area contributed by atoms with E-state index in [0.29, 0.717) is 0 Å². The SMILES string of the molecule is CNC1(C)CCCSc2ccc(C(C)(C)C)cc21. The first-order valence-corrected chi connectivity index (χ1v) is 7.82. The molecule has 1 aliphatic rings. The lowest BCUT2D eigenvalue weighted by Gasteiger charge is -2.31. The van der Waals surface area contributed by atoms with Crippen molar-refractivity contribution in [1.82, 2.24) is 5.32 Å². The van der Waals surface area contributed by atoms with Gasteiger partial charge in [-0.1, -0.05) is 32.9 Å². The van der Waals surface area contributed by atoms with E-state index in [1.54, 1.807) is 0 Å². The largest absolute Gasteiger partial charge is 0.311 e. The minimum Gasteiger partial charge on any atom is -0.311 e. The molecule has 0 spiro atoms. The summed E-state index contributed by atoms with van der Waals surface area (Å²) >= 11 is 2.01. The lowest BCUT2D eigenvalue weighted by atomic mass is 9.81. The molecule has 100 valence electrons. The molecule has 0 aliphatic carbocycles. The zero-order valence-electron chi connectivity index (χ0n) is 12.3. The summed E-state index contributed by atoms with van der Waals surface area (Å²) in [4.78, 5) is 1.46. The summed E-state index contributed by atoms with van der Waals surface area (Å²) in [5.41, 5.74) is 3.27. The third kappa shape index (κ3) is 2.60. The van der Waals surface area contributed by atoms with E-state index in [1.807, 2.05) is 11.8 Å². The summed E-state index contributed by atoms with van der Waals surface area (Å²) in [6, 6.07) is 7.04. The Kier molecular flexibility index (Phi) is 3.80. The molecule has 2 heteroatoms. The average molecular weight is 263 g/mol. The van der Waals surface area contributed by atoms with Crippen molar-refractivity contribution in [2.45, 2.75) is 56.4 Å². The number of nitrogens with one attached hydrogen (secondary N) is 1. The number of benzene rings is 1. The van der Waals surface area contributed by atoms with E-state index in [4.69, 9.17) is 0 Å². The van der Waals surface area contributed by atoms with Gasteiger partial charge in [-0.15, -0.1) is 11.8 Å². The Morgan fingerprint density at radius 2 is 2.00 bits per heavy atom. The summed E-state index contributed by atoms with van der Waals surface area (Å²) in [5.74, 6) is 1.24. The van der Waals surface area contributed by atoms with E-state index < -0.39 is 0 Å². The molecule has 0 bridgehead atoms. The molecular formula is C16H25NS. The van der Waals surface area contributed by atoms with Gasteiger partial charge in [0.1, 0.15) is 0 Å². The molecule has 0 radical (unpaired) electrons. The van der Waals surface area contributed by atoms with Crippen LogP contribution in [0, 0.1) is 0 Å². The molecular weight excluding hydrogens is 238 g/mol. The summed E-state index contributed by atoms with van der Waals surface area (Å²) in [7, 11) is 2.09. The highest BCUT2D eigenvalue weighted by molar-refractivity contribution is 7.99. The third-order valence-corrected chi connectivity index (χ3v) is 5.23. The van der Waals surface area contributed by atoms with Crippen molar-refractivity contribution in [1.29, 1.82) is 0 Å². The minimum atomic E-state index is 0.125. The monoisotopic (exact) mass is 263 g/mol. The lowest BCUT2D eigenvalue weighted by molar-refractivity contribution is 0.362. The highest BCUT2D eigenvalue weighted by Gasteiger charge is 2.30. The highest BCUT2D eigenvalue weighted by Crippen LogP contribution is 2.40. The number of fused-ring (bicyclic) bond motifs is 1. The Labute approximate surface area is 116 Å². The maximum atomic E-state index is 3.54. The molecule has 0 saturated heterocycles. The Morgan fingerprint density at radius 1 is 1.28 bits per heavy atom. The Hall–Kier alpha value is -0.470. The Morgan fingerprint density at radius 3 is 2.61 bits per heavy atom. The Balaban J connectivity index is 2.54.